The van der Waals surface area contributed by atoms with Gasteiger partial charge in [0.05, 0.1) is 18.3 Å². The summed E-state index contributed by atoms with van der Waals surface area (Å²) >= 11 is 0. The highest BCUT2D eigenvalue weighted by molar-refractivity contribution is 5.83. The first-order chi connectivity index (χ1) is 12.1. The van der Waals surface area contributed by atoms with Gasteiger partial charge in [0.25, 0.3) is 0 Å². The highest BCUT2D eigenvalue weighted by Crippen LogP contribution is 2.34. The number of para-hydroxylation sites is 1. The van der Waals surface area contributed by atoms with Gasteiger partial charge in [0.2, 0.25) is 5.95 Å². The largest absolute Gasteiger partial charge is 0.497 e. The summed E-state index contributed by atoms with van der Waals surface area (Å²) in [6.07, 6.45) is 1.15. The van der Waals surface area contributed by atoms with E-state index in [0.29, 0.717) is 11.6 Å². The third-order valence-electron chi connectivity index (χ3n) is 4.84. The van der Waals surface area contributed by atoms with Crippen LogP contribution in [-0.2, 0) is 5.60 Å². The van der Waals surface area contributed by atoms with E-state index in [1.807, 2.05) is 48.5 Å². The summed E-state index contributed by atoms with van der Waals surface area (Å²) < 4.78 is 5.22. The first-order valence-electron chi connectivity index (χ1n) is 8.49. The molecule has 0 bridgehead atoms. The van der Waals surface area contributed by atoms with Crippen molar-refractivity contribution in [3.8, 4) is 5.75 Å². The molecule has 2 aromatic carbocycles. The van der Waals surface area contributed by atoms with Crippen molar-refractivity contribution in [2.24, 2.45) is 0 Å². The minimum Gasteiger partial charge on any atom is -0.497 e. The van der Waals surface area contributed by atoms with Gasteiger partial charge >= 0.3 is 0 Å². The normalized spacial score (nSPS) is 16.4. The second-order valence-corrected chi connectivity index (χ2v) is 6.53. The average Bonchev–Trinajstić information content (AvgIpc) is 2.59. The van der Waals surface area contributed by atoms with E-state index in [4.69, 9.17) is 9.72 Å². The molecule has 4 rings (SSSR count). The molecule has 25 heavy (non-hydrogen) atoms. The Kier molecular flexibility index (Phi) is 3.81. The van der Waals surface area contributed by atoms with Gasteiger partial charge in [0.15, 0.2) is 0 Å². The molecule has 5 nitrogen and oxygen atoms in total. The zero-order valence-corrected chi connectivity index (χ0v) is 14.4. The third-order valence-corrected chi connectivity index (χ3v) is 4.84. The molecule has 1 saturated heterocycles. The second kappa shape index (κ2) is 6.01. The minimum absolute atomic E-state index is 0.630. The van der Waals surface area contributed by atoms with Crippen molar-refractivity contribution in [2.75, 3.05) is 25.1 Å². The number of hydrogen-bond acceptors (Lipinski definition) is 5. The van der Waals surface area contributed by atoms with E-state index in [2.05, 4.69) is 9.88 Å². The van der Waals surface area contributed by atoms with Gasteiger partial charge in [-0.1, -0.05) is 30.3 Å². The third kappa shape index (κ3) is 2.70. The van der Waals surface area contributed by atoms with Crippen LogP contribution in [0.4, 0.5) is 5.95 Å². The van der Waals surface area contributed by atoms with E-state index in [0.717, 1.165) is 41.7 Å². The molecule has 1 N–H and O–H groups in total. The summed E-state index contributed by atoms with van der Waals surface area (Å²) in [6, 6.07) is 15.3. The van der Waals surface area contributed by atoms with Crippen molar-refractivity contribution >= 4 is 16.9 Å². The molecule has 1 atom stereocenters. The lowest BCUT2D eigenvalue weighted by Crippen LogP contribution is -2.39. The molecule has 1 aromatic heterocycles. The monoisotopic (exact) mass is 335 g/mol. The number of anilines is 1. The predicted molar refractivity (Wildman–Crippen MR) is 98.0 cm³/mol. The number of ether oxygens (including phenoxy) is 1. The van der Waals surface area contributed by atoms with Gasteiger partial charge in [-0.15, -0.1) is 0 Å². The van der Waals surface area contributed by atoms with Crippen LogP contribution >= 0.6 is 0 Å². The summed E-state index contributed by atoms with van der Waals surface area (Å²) in [4.78, 5) is 11.6. The minimum atomic E-state index is -1.23. The number of aliphatic hydroxyl groups is 1. The highest BCUT2D eigenvalue weighted by Gasteiger charge is 2.31. The average molecular weight is 335 g/mol. The van der Waals surface area contributed by atoms with Gasteiger partial charge < -0.3 is 14.7 Å². The zero-order valence-electron chi connectivity index (χ0n) is 14.4. The standard InChI is InChI=1S/C20H21N3O2/c1-20(24,14-8-10-15(25-2)11-9-14)18-16-6-3-4-7-17(16)21-19(22-18)23-12-5-13-23/h3-4,6-11,24H,5,12-13H2,1-2H3. The molecule has 0 amide bonds. The molecular weight excluding hydrogens is 314 g/mol. The molecule has 1 fully saturated rings. The fourth-order valence-corrected chi connectivity index (χ4v) is 3.15. The van der Waals surface area contributed by atoms with Crippen LogP contribution in [0.5, 0.6) is 5.75 Å². The molecule has 3 aromatic rings. The van der Waals surface area contributed by atoms with Gasteiger partial charge in [-0.3, -0.25) is 0 Å². The number of rotatable bonds is 4. The molecule has 1 aliphatic rings. The van der Waals surface area contributed by atoms with Crippen LogP contribution in [0.2, 0.25) is 0 Å². The Morgan fingerprint density at radius 1 is 1.04 bits per heavy atom. The van der Waals surface area contributed by atoms with Crippen LogP contribution in [0.1, 0.15) is 24.6 Å². The zero-order chi connectivity index (χ0) is 17.4. The van der Waals surface area contributed by atoms with Gasteiger partial charge in [0.1, 0.15) is 11.4 Å². The van der Waals surface area contributed by atoms with Crippen molar-refractivity contribution in [3.63, 3.8) is 0 Å². The molecule has 0 radical (unpaired) electrons. The number of methoxy groups -OCH3 is 1. The van der Waals surface area contributed by atoms with E-state index in [1.54, 1.807) is 14.0 Å². The fourth-order valence-electron chi connectivity index (χ4n) is 3.15. The summed E-state index contributed by atoms with van der Waals surface area (Å²) in [5, 5.41) is 12.2. The Balaban J connectivity index is 1.87. The van der Waals surface area contributed by atoms with Crippen LogP contribution in [0.3, 0.4) is 0 Å². The molecular formula is C20H21N3O2. The van der Waals surface area contributed by atoms with Crippen LogP contribution in [-0.4, -0.2) is 35.3 Å². The van der Waals surface area contributed by atoms with Crippen LogP contribution < -0.4 is 9.64 Å². The smallest absolute Gasteiger partial charge is 0.226 e. The maximum absolute atomic E-state index is 11.4. The summed E-state index contributed by atoms with van der Waals surface area (Å²) in [5.41, 5.74) is 1.02. The maximum Gasteiger partial charge on any atom is 0.226 e. The molecule has 0 spiro atoms. The van der Waals surface area contributed by atoms with Gasteiger partial charge in [-0.05, 0) is 37.1 Å². The lowest BCUT2D eigenvalue weighted by atomic mass is 9.90. The van der Waals surface area contributed by atoms with Crippen LogP contribution in [0.15, 0.2) is 48.5 Å². The van der Waals surface area contributed by atoms with Crippen LogP contribution in [0.25, 0.3) is 10.9 Å². The number of aromatic nitrogens is 2. The first-order valence-corrected chi connectivity index (χ1v) is 8.49. The quantitative estimate of drug-likeness (QED) is 0.794. The molecule has 128 valence electrons. The van der Waals surface area contributed by atoms with E-state index in [9.17, 15) is 5.11 Å². The molecule has 2 heterocycles. The Morgan fingerprint density at radius 3 is 2.40 bits per heavy atom. The van der Waals surface area contributed by atoms with E-state index < -0.39 is 5.60 Å². The van der Waals surface area contributed by atoms with Gasteiger partial charge in [-0.25, -0.2) is 9.97 Å². The van der Waals surface area contributed by atoms with Crippen molar-refractivity contribution in [2.45, 2.75) is 18.9 Å². The van der Waals surface area contributed by atoms with Crippen molar-refractivity contribution in [1.29, 1.82) is 0 Å². The van der Waals surface area contributed by atoms with Crippen molar-refractivity contribution in [1.82, 2.24) is 9.97 Å². The molecule has 1 aliphatic heterocycles. The number of benzene rings is 2. The van der Waals surface area contributed by atoms with E-state index >= 15 is 0 Å². The van der Waals surface area contributed by atoms with E-state index in [-0.39, 0.29) is 0 Å². The Labute approximate surface area is 146 Å². The highest BCUT2D eigenvalue weighted by atomic mass is 16.5. The number of hydrogen-bond donors (Lipinski definition) is 1. The predicted octanol–water partition coefficient (Wildman–Crippen LogP) is 3.10. The number of fused-ring (bicyclic) bond motifs is 1. The summed E-state index contributed by atoms with van der Waals surface area (Å²) in [5.74, 6) is 1.45. The van der Waals surface area contributed by atoms with Gasteiger partial charge in [0, 0.05) is 18.5 Å². The molecule has 0 saturated carbocycles. The Bertz CT molecular complexity index is 902. The Hall–Kier alpha value is -2.66. The SMILES string of the molecule is COc1ccc(C(C)(O)c2nc(N3CCC3)nc3ccccc23)cc1. The van der Waals surface area contributed by atoms with Crippen LogP contribution in [0, 0.1) is 0 Å². The van der Waals surface area contributed by atoms with Crippen molar-refractivity contribution < 1.29 is 9.84 Å². The second-order valence-electron chi connectivity index (χ2n) is 6.53. The summed E-state index contributed by atoms with van der Waals surface area (Å²) in [6.45, 7) is 3.70. The van der Waals surface area contributed by atoms with E-state index in [1.165, 1.54) is 0 Å². The molecule has 0 aliphatic carbocycles. The van der Waals surface area contributed by atoms with Crippen molar-refractivity contribution in [3.05, 3.63) is 59.8 Å². The lowest BCUT2D eigenvalue weighted by molar-refractivity contribution is 0.0990. The van der Waals surface area contributed by atoms with Gasteiger partial charge in [-0.2, -0.15) is 0 Å². The maximum atomic E-state index is 11.4. The summed E-state index contributed by atoms with van der Waals surface area (Å²) in [7, 11) is 1.63. The lowest BCUT2D eigenvalue weighted by Gasteiger charge is -2.33. The number of nitrogens with zero attached hydrogens (tertiary/aromatic N) is 3. The first kappa shape index (κ1) is 15.8. The molecule has 5 heteroatoms. The fraction of sp³-hybridized carbons (Fsp3) is 0.300. The topological polar surface area (TPSA) is 58.5 Å². The molecule has 1 unspecified atom stereocenters. The Morgan fingerprint density at radius 2 is 1.76 bits per heavy atom.